The summed E-state index contributed by atoms with van der Waals surface area (Å²) in [4.78, 5) is 0. The van der Waals surface area contributed by atoms with Crippen LogP contribution in [0.4, 0.5) is 5.69 Å². The average molecular weight is 337 g/mol. The van der Waals surface area contributed by atoms with E-state index in [9.17, 15) is 5.26 Å². The third-order valence-electron chi connectivity index (χ3n) is 4.02. The van der Waals surface area contributed by atoms with Crippen molar-refractivity contribution in [2.24, 2.45) is 0 Å². The monoisotopic (exact) mass is 336 g/mol. The second kappa shape index (κ2) is 5.72. The van der Waals surface area contributed by atoms with Gasteiger partial charge in [-0.25, -0.2) is 0 Å². The highest BCUT2D eigenvalue weighted by atomic mass is 79.9. The van der Waals surface area contributed by atoms with Gasteiger partial charge in [0.15, 0.2) is 5.79 Å². The van der Waals surface area contributed by atoms with Crippen molar-refractivity contribution in [3.8, 4) is 6.07 Å². The predicted molar refractivity (Wildman–Crippen MR) is 79.4 cm³/mol. The molecule has 2 fully saturated rings. The molecule has 1 heterocycles. The summed E-state index contributed by atoms with van der Waals surface area (Å²) in [5, 5.41) is 12.7. The molecule has 0 radical (unpaired) electrons. The number of anilines is 1. The molecular weight excluding hydrogens is 320 g/mol. The molecular formula is C15H17BrN2O2. The highest BCUT2D eigenvalue weighted by Gasteiger charge is 2.40. The van der Waals surface area contributed by atoms with Crippen LogP contribution in [0.5, 0.6) is 0 Å². The van der Waals surface area contributed by atoms with Gasteiger partial charge in [-0.3, -0.25) is 0 Å². The Morgan fingerprint density at radius 2 is 1.95 bits per heavy atom. The highest BCUT2D eigenvalue weighted by Crippen LogP contribution is 2.37. The van der Waals surface area contributed by atoms with Crippen molar-refractivity contribution < 1.29 is 9.47 Å². The number of nitriles is 1. The maximum atomic E-state index is 9.19. The standard InChI is InChI=1S/C15H17BrN2O2/c16-12-1-2-14(11(9-12)10-17)18-13-3-5-15(6-4-13)19-7-8-20-15/h1-2,9,13,18H,3-8H2. The van der Waals surface area contributed by atoms with Crippen molar-refractivity contribution in [2.45, 2.75) is 37.5 Å². The second-order valence-corrected chi connectivity index (χ2v) is 6.24. The van der Waals surface area contributed by atoms with Crippen LogP contribution in [0.1, 0.15) is 31.2 Å². The zero-order chi connectivity index (χ0) is 14.0. The van der Waals surface area contributed by atoms with Crippen molar-refractivity contribution in [1.82, 2.24) is 0 Å². The summed E-state index contributed by atoms with van der Waals surface area (Å²) in [6, 6.07) is 8.36. The first-order valence-electron chi connectivity index (χ1n) is 6.95. The van der Waals surface area contributed by atoms with Crippen molar-refractivity contribution in [3.05, 3.63) is 28.2 Å². The SMILES string of the molecule is N#Cc1cc(Br)ccc1NC1CCC2(CC1)OCCO2. The van der Waals surface area contributed by atoms with Crippen molar-refractivity contribution in [3.63, 3.8) is 0 Å². The summed E-state index contributed by atoms with van der Waals surface area (Å²) in [7, 11) is 0. The lowest BCUT2D eigenvalue weighted by Gasteiger charge is -2.36. The largest absolute Gasteiger partial charge is 0.381 e. The minimum Gasteiger partial charge on any atom is -0.381 e. The molecule has 1 saturated carbocycles. The molecule has 0 amide bonds. The van der Waals surface area contributed by atoms with E-state index in [0.717, 1.165) is 35.8 Å². The van der Waals surface area contributed by atoms with E-state index in [1.54, 1.807) is 0 Å². The zero-order valence-electron chi connectivity index (χ0n) is 11.2. The van der Waals surface area contributed by atoms with E-state index in [0.29, 0.717) is 24.8 Å². The zero-order valence-corrected chi connectivity index (χ0v) is 12.8. The molecule has 5 heteroatoms. The van der Waals surface area contributed by atoms with E-state index in [1.165, 1.54) is 0 Å². The molecule has 1 saturated heterocycles. The van der Waals surface area contributed by atoms with Gasteiger partial charge in [-0.2, -0.15) is 5.26 Å². The first kappa shape index (κ1) is 13.9. The number of hydrogen-bond donors (Lipinski definition) is 1. The molecule has 0 aromatic heterocycles. The number of nitrogens with one attached hydrogen (secondary N) is 1. The number of hydrogen-bond acceptors (Lipinski definition) is 4. The molecule has 1 spiro atoms. The maximum absolute atomic E-state index is 9.19. The van der Waals surface area contributed by atoms with E-state index >= 15 is 0 Å². The van der Waals surface area contributed by atoms with Crippen LogP contribution < -0.4 is 5.32 Å². The molecule has 1 aromatic carbocycles. The van der Waals surface area contributed by atoms with Gasteiger partial charge < -0.3 is 14.8 Å². The highest BCUT2D eigenvalue weighted by molar-refractivity contribution is 9.10. The van der Waals surface area contributed by atoms with Crippen LogP contribution in [-0.4, -0.2) is 25.0 Å². The smallest absolute Gasteiger partial charge is 0.168 e. The van der Waals surface area contributed by atoms with Crippen molar-refractivity contribution in [2.75, 3.05) is 18.5 Å². The molecule has 1 aromatic rings. The minimum absolute atomic E-state index is 0.323. The first-order chi connectivity index (χ1) is 9.71. The summed E-state index contributed by atoms with van der Waals surface area (Å²) in [6.45, 7) is 1.42. The topological polar surface area (TPSA) is 54.3 Å². The number of nitrogens with zero attached hydrogens (tertiary/aromatic N) is 1. The van der Waals surface area contributed by atoms with Gasteiger partial charge in [0.25, 0.3) is 0 Å². The van der Waals surface area contributed by atoms with Crippen LogP contribution in [0.3, 0.4) is 0 Å². The van der Waals surface area contributed by atoms with Gasteiger partial charge in [-0.15, -0.1) is 0 Å². The lowest BCUT2D eigenvalue weighted by Crippen LogP contribution is -2.39. The molecule has 2 aliphatic rings. The van der Waals surface area contributed by atoms with E-state index in [-0.39, 0.29) is 5.79 Å². The van der Waals surface area contributed by atoms with Crippen LogP contribution in [0, 0.1) is 11.3 Å². The Morgan fingerprint density at radius 3 is 2.60 bits per heavy atom. The van der Waals surface area contributed by atoms with E-state index in [4.69, 9.17) is 9.47 Å². The van der Waals surface area contributed by atoms with Crippen LogP contribution in [0.25, 0.3) is 0 Å². The molecule has 0 atom stereocenters. The lowest BCUT2D eigenvalue weighted by molar-refractivity contribution is -0.177. The summed E-state index contributed by atoms with van der Waals surface area (Å²) in [5.74, 6) is -0.323. The molecule has 20 heavy (non-hydrogen) atoms. The molecule has 4 nitrogen and oxygen atoms in total. The molecule has 1 aliphatic carbocycles. The number of rotatable bonds is 2. The summed E-state index contributed by atoms with van der Waals surface area (Å²) >= 11 is 3.39. The van der Waals surface area contributed by atoms with Gasteiger partial charge in [-0.1, -0.05) is 15.9 Å². The third kappa shape index (κ3) is 2.83. The van der Waals surface area contributed by atoms with Gasteiger partial charge in [0.2, 0.25) is 0 Å². The van der Waals surface area contributed by atoms with Crippen LogP contribution in [0.15, 0.2) is 22.7 Å². The van der Waals surface area contributed by atoms with Crippen molar-refractivity contribution in [1.29, 1.82) is 5.26 Å². The van der Waals surface area contributed by atoms with Gasteiger partial charge in [0.1, 0.15) is 6.07 Å². The van der Waals surface area contributed by atoms with Crippen LogP contribution in [-0.2, 0) is 9.47 Å². The van der Waals surface area contributed by atoms with E-state index in [1.807, 2.05) is 18.2 Å². The second-order valence-electron chi connectivity index (χ2n) is 5.33. The van der Waals surface area contributed by atoms with Gasteiger partial charge >= 0.3 is 0 Å². The van der Waals surface area contributed by atoms with Gasteiger partial charge in [0, 0.05) is 23.4 Å². The molecule has 1 aliphatic heterocycles. The molecule has 0 unspecified atom stereocenters. The lowest BCUT2D eigenvalue weighted by atomic mass is 9.89. The summed E-state index contributed by atoms with van der Waals surface area (Å²) < 4.78 is 12.4. The number of benzene rings is 1. The number of ether oxygens (including phenoxy) is 2. The summed E-state index contributed by atoms with van der Waals surface area (Å²) in [5.41, 5.74) is 1.58. The fourth-order valence-electron chi connectivity index (χ4n) is 2.94. The third-order valence-corrected chi connectivity index (χ3v) is 4.52. The Morgan fingerprint density at radius 1 is 1.25 bits per heavy atom. The van der Waals surface area contributed by atoms with E-state index in [2.05, 4.69) is 27.3 Å². The normalized spacial score (nSPS) is 21.8. The molecule has 3 rings (SSSR count). The average Bonchev–Trinajstić information content (AvgIpc) is 2.92. The van der Waals surface area contributed by atoms with Gasteiger partial charge in [-0.05, 0) is 31.0 Å². The number of halogens is 1. The molecule has 1 N–H and O–H groups in total. The molecule has 0 bridgehead atoms. The predicted octanol–water partition coefficient (Wildman–Crippen LogP) is 3.42. The fraction of sp³-hybridized carbons (Fsp3) is 0.533. The Bertz CT molecular complexity index is 525. The van der Waals surface area contributed by atoms with Crippen LogP contribution >= 0.6 is 15.9 Å². The quantitative estimate of drug-likeness (QED) is 0.898. The fourth-order valence-corrected chi connectivity index (χ4v) is 3.30. The molecule has 106 valence electrons. The van der Waals surface area contributed by atoms with Crippen LogP contribution in [0.2, 0.25) is 0 Å². The Balaban J connectivity index is 1.64. The Kier molecular flexibility index (Phi) is 3.97. The van der Waals surface area contributed by atoms with Gasteiger partial charge in [0.05, 0.1) is 24.5 Å². The van der Waals surface area contributed by atoms with Crippen molar-refractivity contribution >= 4 is 21.6 Å². The first-order valence-corrected chi connectivity index (χ1v) is 7.74. The Hall–Kier alpha value is -1.09. The van der Waals surface area contributed by atoms with E-state index < -0.39 is 0 Å². The Labute approximate surface area is 127 Å². The minimum atomic E-state index is -0.323. The maximum Gasteiger partial charge on any atom is 0.168 e. The summed E-state index contributed by atoms with van der Waals surface area (Å²) in [6.07, 6.45) is 3.84.